The molecule has 10 heteroatoms. The molecule has 2 aliphatic rings. The molecule has 1 N–H and O–H groups in total. The molecule has 3 aromatic rings. The summed E-state index contributed by atoms with van der Waals surface area (Å²) in [5.41, 5.74) is 1.74. The van der Waals surface area contributed by atoms with Crippen molar-refractivity contribution in [3.63, 3.8) is 0 Å². The largest absolute Gasteiger partial charge is 0.329 e. The van der Waals surface area contributed by atoms with Crippen LogP contribution in [-0.2, 0) is 27.3 Å². The highest BCUT2D eigenvalue weighted by molar-refractivity contribution is 6.29. The lowest BCUT2D eigenvalue weighted by Gasteiger charge is -2.22. The van der Waals surface area contributed by atoms with Crippen molar-refractivity contribution in [2.75, 3.05) is 11.9 Å². The van der Waals surface area contributed by atoms with E-state index in [1.807, 2.05) is 12.1 Å². The summed E-state index contributed by atoms with van der Waals surface area (Å²) >= 11 is 5.88. The lowest BCUT2D eigenvalue weighted by molar-refractivity contribution is -0.135. The van der Waals surface area contributed by atoms with E-state index in [-0.39, 0.29) is 59.3 Å². The van der Waals surface area contributed by atoms with Crippen molar-refractivity contribution in [2.24, 2.45) is 5.92 Å². The molecule has 2 saturated carbocycles. The number of Topliss-reactive ketones (excluding diaryl/α,β-unsaturated/α-hetero) is 2. The van der Waals surface area contributed by atoms with Crippen molar-refractivity contribution in [2.45, 2.75) is 51.6 Å². The number of hydrogen-bond donors (Lipinski definition) is 1. The van der Waals surface area contributed by atoms with Crippen LogP contribution in [0.2, 0.25) is 5.15 Å². The second kappa shape index (κ2) is 9.81. The van der Waals surface area contributed by atoms with Crippen LogP contribution in [0.1, 0.15) is 48.7 Å². The number of fused-ring (bicyclic) bond motifs is 1. The Bertz CT molecular complexity index is 1380. The molecule has 2 fully saturated rings. The molecule has 186 valence electrons. The molecule has 2 aliphatic carbocycles. The van der Waals surface area contributed by atoms with Gasteiger partial charge < -0.3 is 10.2 Å². The van der Waals surface area contributed by atoms with E-state index >= 15 is 0 Å². The minimum Gasteiger partial charge on any atom is -0.329 e. The zero-order valence-corrected chi connectivity index (χ0v) is 20.6. The average molecular weight is 508 g/mol. The quantitative estimate of drug-likeness (QED) is 0.332. The Kier molecular flexibility index (Phi) is 6.57. The fourth-order valence-corrected chi connectivity index (χ4v) is 4.47. The predicted molar refractivity (Wildman–Crippen MR) is 134 cm³/mol. The summed E-state index contributed by atoms with van der Waals surface area (Å²) in [5.74, 6) is -0.162. The van der Waals surface area contributed by atoms with E-state index in [9.17, 15) is 19.2 Å². The standard InChI is InChI=1S/C26H26ClN5O4/c1-15(33)26-19-11-16(12-21(34)17-6-7-17)5-10-20(19)32(30-26)14-25(36)31(18-8-9-18)13-24(35)29-23-4-2-3-22(27)28-23/h2-5,10-11,17-18H,6-9,12-14H2,1H3,(H,28,29,35). The van der Waals surface area contributed by atoms with Gasteiger partial charge in [-0.1, -0.05) is 23.7 Å². The van der Waals surface area contributed by atoms with Crippen molar-refractivity contribution in [3.05, 3.63) is 52.8 Å². The van der Waals surface area contributed by atoms with Gasteiger partial charge in [0.25, 0.3) is 0 Å². The Morgan fingerprint density at radius 1 is 1.11 bits per heavy atom. The summed E-state index contributed by atoms with van der Waals surface area (Å²) in [6, 6.07) is 10.4. The molecule has 2 heterocycles. The van der Waals surface area contributed by atoms with Gasteiger partial charge in [-0.25, -0.2) is 4.98 Å². The molecule has 1 aromatic carbocycles. The number of nitrogens with one attached hydrogen (secondary N) is 1. The highest BCUT2D eigenvalue weighted by Crippen LogP contribution is 2.32. The van der Waals surface area contributed by atoms with Gasteiger partial charge in [-0.3, -0.25) is 23.9 Å². The topological polar surface area (TPSA) is 114 Å². The molecular formula is C26H26ClN5O4. The molecular weight excluding hydrogens is 482 g/mol. The second-order valence-corrected chi connectivity index (χ2v) is 9.87. The van der Waals surface area contributed by atoms with E-state index < -0.39 is 0 Å². The maximum atomic E-state index is 13.3. The van der Waals surface area contributed by atoms with Gasteiger partial charge in [0.05, 0.1) is 5.52 Å². The number of pyridine rings is 1. The van der Waals surface area contributed by atoms with Gasteiger partial charge >= 0.3 is 0 Å². The summed E-state index contributed by atoms with van der Waals surface area (Å²) in [5, 5.41) is 7.98. The highest BCUT2D eigenvalue weighted by Gasteiger charge is 2.34. The minimum absolute atomic E-state index is 0.00952. The first kappa shape index (κ1) is 24.1. The minimum atomic E-state index is -0.371. The van der Waals surface area contributed by atoms with Gasteiger partial charge in [0.1, 0.15) is 35.5 Å². The third kappa shape index (κ3) is 5.46. The molecule has 9 nitrogen and oxygen atoms in total. The summed E-state index contributed by atoms with van der Waals surface area (Å²) in [6.45, 7) is 1.20. The number of hydrogen-bond acceptors (Lipinski definition) is 6. The molecule has 2 aromatic heterocycles. The first-order valence-corrected chi connectivity index (χ1v) is 12.4. The van der Waals surface area contributed by atoms with E-state index in [4.69, 9.17) is 11.6 Å². The summed E-state index contributed by atoms with van der Waals surface area (Å²) in [6.07, 6.45) is 3.88. The lowest BCUT2D eigenvalue weighted by Crippen LogP contribution is -2.41. The Morgan fingerprint density at radius 2 is 1.89 bits per heavy atom. The van der Waals surface area contributed by atoms with Crippen LogP contribution in [0.25, 0.3) is 10.9 Å². The first-order valence-electron chi connectivity index (χ1n) is 12.0. The second-order valence-electron chi connectivity index (χ2n) is 9.48. The Hall–Kier alpha value is -3.59. The van der Waals surface area contributed by atoms with Gasteiger partial charge in [0.15, 0.2) is 5.78 Å². The molecule has 0 aliphatic heterocycles. The zero-order chi connectivity index (χ0) is 25.4. The fourth-order valence-electron chi connectivity index (χ4n) is 4.31. The number of benzene rings is 1. The van der Waals surface area contributed by atoms with Crippen LogP contribution in [0.4, 0.5) is 5.82 Å². The molecule has 5 rings (SSSR count). The van der Waals surface area contributed by atoms with Crippen molar-refractivity contribution in [3.8, 4) is 0 Å². The van der Waals surface area contributed by atoms with Gasteiger partial charge in [0.2, 0.25) is 11.8 Å². The number of anilines is 1. The van der Waals surface area contributed by atoms with Crippen molar-refractivity contribution in [1.29, 1.82) is 0 Å². The SMILES string of the molecule is CC(=O)c1nn(CC(=O)N(CC(=O)Nc2cccc(Cl)n2)C2CC2)c2ccc(CC(=O)C3CC3)cc12. The van der Waals surface area contributed by atoms with Crippen LogP contribution in [0.3, 0.4) is 0 Å². The van der Waals surface area contributed by atoms with Crippen LogP contribution in [0.15, 0.2) is 36.4 Å². The van der Waals surface area contributed by atoms with Crippen molar-refractivity contribution >= 4 is 51.7 Å². The number of carbonyl (C=O) groups excluding carboxylic acids is 4. The van der Waals surface area contributed by atoms with Crippen LogP contribution in [0.5, 0.6) is 0 Å². The number of aromatic nitrogens is 3. The average Bonchev–Trinajstić information content (AvgIpc) is 3.74. The smallest absolute Gasteiger partial charge is 0.245 e. The van der Waals surface area contributed by atoms with E-state index in [0.29, 0.717) is 23.1 Å². The molecule has 2 amide bonds. The Balaban J connectivity index is 1.33. The third-order valence-corrected chi connectivity index (χ3v) is 6.66. The number of halogens is 1. The number of ketones is 2. The monoisotopic (exact) mass is 507 g/mol. The molecule has 0 atom stereocenters. The van der Waals surface area contributed by atoms with Crippen molar-refractivity contribution in [1.82, 2.24) is 19.7 Å². The summed E-state index contributed by atoms with van der Waals surface area (Å²) in [4.78, 5) is 56.1. The van der Waals surface area contributed by atoms with Crippen LogP contribution in [-0.4, -0.2) is 55.6 Å². The number of amides is 2. The van der Waals surface area contributed by atoms with E-state index in [1.165, 1.54) is 11.6 Å². The number of carbonyl (C=O) groups is 4. The molecule has 36 heavy (non-hydrogen) atoms. The van der Waals surface area contributed by atoms with Crippen LogP contribution < -0.4 is 5.32 Å². The zero-order valence-electron chi connectivity index (χ0n) is 19.9. The van der Waals surface area contributed by atoms with Crippen LogP contribution >= 0.6 is 11.6 Å². The molecule has 0 unspecified atom stereocenters. The molecule has 0 radical (unpaired) electrons. The van der Waals surface area contributed by atoms with E-state index in [2.05, 4.69) is 15.4 Å². The lowest BCUT2D eigenvalue weighted by atomic mass is 10.0. The van der Waals surface area contributed by atoms with E-state index in [1.54, 1.807) is 29.2 Å². The number of nitrogens with zero attached hydrogens (tertiary/aromatic N) is 4. The maximum Gasteiger partial charge on any atom is 0.245 e. The normalized spacial score (nSPS) is 15.1. The third-order valence-electron chi connectivity index (χ3n) is 6.45. The van der Waals surface area contributed by atoms with Gasteiger partial charge in [-0.05, 0) is 55.5 Å². The fraction of sp³-hybridized carbons (Fsp3) is 0.385. The highest BCUT2D eigenvalue weighted by atomic mass is 35.5. The summed E-state index contributed by atoms with van der Waals surface area (Å²) < 4.78 is 1.51. The Morgan fingerprint density at radius 3 is 2.56 bits per heavy atom. The maximum absolute atomic E-state index is 13.3. The number of rotatable bonds is 10. The van der Waals surface area contributed by atoms with Gasteiger partial charge in [-0.2, -0.15) is 5.10 Å². The molecule has 0 saturated heterocycles. The van der Waals surface area contributed by atoms with Gasteiger partial charge in [0, 0.05) is 30.7 Å². The first-order chi connectivity index (χ1) is 17.3. The van der Waals surface area contributed by atoms with Crippen molar-refractivity contribution < 1.29 is 19.2 Å². The molecule has 0 bridgehead atoms. The van der Waals surface area contributed by atoms with E-state index in [0.717, 1.165) is 31.2 Å². The molecule has 0 spiro atoms. The Labute approximate surface area is 212 Å². The van der Waals surface area contributed by atoms with Gasteiger partial charge in [-0.15, -0.1) is 0 Å². The van der Waals surface area contributed by atoms with Crippen LogP contribution in [0, 0.1) is 5.92 Å². The predicted octanol–water partition coefficient (Wildman–Crippen LogP) is 3.44. The summed E-state index contributed by atoms with van der Waals surface area (Å²) in [7, 11) is 0.